The minimum atomic E-state index is -0.274. The van der Waals surface area contributed by atoms with Crippen molar-refractivity contribution < 1.29 is 14.7 Å². The van der Waals surface area contributed by atoms with Crippen molar-refractivity contribution in [2.24, 2.45) is 7.05 Å². The van der Waals surface area contributed by atoms with Crippen molar-refractivity contribution in [3.8, 4) is 0 Å². The van der Waals surface area contributed by atoms with Crippen LogP contribution in [-0.4, -0.2) is 38.3 Å². The van der Waals surface area contributed by atoms with Gasteiger partial charge in [0.2, 0.25) is 5.91 Å². The lowest BCUT2D eigenvalue weighted by Gasteiger charge is -2.30. The highest BCUT2D eigenvalue weighted by Crippen LogP contribution is 2.23. The zero-order chi connectivity index (χ0) is 23.4. The fraction of sp³-hybridized carbons (Fsp3) is 0.409. The van der Waals surface area contributed by atoms with E-state index in [-0.39, 0.29) is 31.4 Å². The van der Waals surface area contributed by atoms with E-state index in [1.807, 2.05) is 13.8 Å². The Morgan fingerprint density at radius 2 is 1.97 bits per heavy atom. The molecule has 0 bridgehead atoms. The zero-order valence-electron chi connectivity index (χ0n) is 18.3. The number of aryl methyl sites for hydroxylation is 2. The minimum absolute atomic E-state index is 0.0233. The van der Waals surface area contributed by atoms with E-state index in [0.717, 1.165) is 22.4 Å². The third-order valence-electron chi connectivity index (χ3n) is 5.60. The van der Waals surface area contributed by atoms with E-state index >= 15 is 0 Å². The van der Waals surface area contributed by atoms with Gasteiger partial charge in [-0.05, 0) is 43.5 Å². The summed E-state index contributed by atoms with van der Waals surface area (Å²) in [4.78, 5) is 25.6. The number of nitrogens with one attached hydrogen (secondary N) is 2. The molecule has 1 aromatic carbocycles. The van der Waals surface area contributed by atoms with Gasteiger partial charge in [-0.2, -0.15) is 5.10 Å². The number of aliphatic hydroxyl groups excluding tert-OH is 1. The largest absolute Gasteiger partial charge is 0.392 e. The summed E-state index contributed by atoms with van der Waals surface area (Å²) in [6.07, 6.45) is 0.647. The zero-order valence-corrected chi connectivity index (χ0v) is 19.8. The smallest absolute Gasteiger partial charge is 0.264 e. The van der Waals surface area contributed by atoms with Crippen LogP contribution in [0.2, 0.25) is 10.2 Å². The van der Waals surface area contributed by atoms with Gasteiger partial charge in [0.05, 0.1) is 18.7 Å². The number of halogens is 2. The summed E-state index contributed by atoms with van der Waals surface area (Å²) in [5.41, 5.74) is 7.55. The Morgan fingerprint density at radius 3 is 2.62 bits per heavy atom. The molecule has 0 unspecified atom stereocenters. The number of carbonyl (C=O) groups is 2. The predicted molar refractivity (Wildman–Crippen MR) is 123 cm³/mol. The number of benzene rings is 1. The quantitative estimate of drug-likeness (QED) is 0.540. The SMILES string of the molecule is CC1=C(CC(=O)NCc2cc(Cl)ccc2CO)C(=O)N(NCc2c(C)nn(C)c2Cl)CC1. The van der Waals surface area contributed by atoms with Crippen molar-refractivity contribution in [2.75, 3.05) is 6.54 Å². The van der Waals surface area contributed by atoms with Gasteiger partial charge in [-0.3, -0.25) is 19.3 Å². The van der Waals surface area contributed by atoms with Gasteiger partial charge in [-0.25, -0.2) is 5.43 Å². The second-order valence-corrected chi connectivity index (χ2v) is 8.60. The molecule has 0 aliphatic carbocycles. The van der Waals surface area contributed by atoms with Gasteiger partial charge in [0.15, 0.2) is 0 Å². The lowest BCUT2D eigenvalue weighted by Crippen LogP contribution is -2.47. The van der Waals surface area contributed by atoms with Crippen molar-refractivity contribution in [3.63, 3.8) is 0 Å². The van der Waals surface area contributed by atoms with Crippen LogP contribution < -0.4 is 10.7 Å². The van der Waals surface area contributed by atoms with E-state index in [4.69, 9.17) is 23.2 Å². The summed E-state index contributed by atoms with van der Waals surface area (Å²) in [5.74, 6) is -0.495. The van der Waals surface area contributed by atoms with E-state index in [9.17, 15) is 14.7 Å². The second-order valence-electron chi connectivity index (χ2n) is 7.80. The number of hydrazine groups is 1. The Morgan fingerprint density at radius 1 is 1.22 bits per heavy atom. The van der Waals surface area contributed by atoms with Gasteiger partial charge in [-0.1, -0.05) is 34.8 Å². The van der Waals surface area contributed by atoms with Crippen molar-refractivity contribution in [1.29, 1.82) is 0 Å². The highest BCUT2D eigenvalue weighted by Gasteiger charge is 2.27. The predicted octanol–water partition coefficient (Wildman–Crippen LogP) is 2.79. The minimum Gasteiger partial charge on any atom is -0.392 e. The molecular formula is C22H27Cl2N5O3. The molecule has 3 rings (SSSR count). The van der Waals surface area contributed by atoms with Gasteiger partial charge in [-0.15, -0.1) is 0 Å². The van der Waals surface area contributed by atoms with E-state index in [0.29, 0.717) is 40.8 Å². The van der Waals surface area contributed by atoms with Crippen molar-refractivity contribution >= 4 is 35.0 Å². The van der Waals surface area contributed by atoms with Crippen LogP contribution in [0.5, 0.6) is 0 Å². The number of nitrogens with zero attached hydrogens (tertiary/aromatic N) is 3. The Balaban J connectivity index is 1.61. The topological polar surface area (TPSA) is 99.5 Å². The molecular weight excluding hydrogens is 453 g/mol. The van der Waals surface area contributed by atoms with Gasteiger partial charge in [0.1, 0.15) is 5.15 Å². The number of hydrogen-bond acceptors (Lipinski definition) is 5. The monoisotopic (exact) mass is 479 g/mol. The molecule has 1 aromatic heterocycles. The van der Waals surface area contributed by atoms with Crippen LogP contribution in [-0.2, 0) is 36.3 Å². The van der Waals surface area contributed by atoms with Crippen LogP contribution in [0.3, 0.4) is 0 Å². The lowest BCUT2D eigenvalue weighted by atomic mass is 9.98. The van der Waals surface area contributed by atoms with E-state index in [1.165, 1.54) is 5.01 Å². The van der Waals surface area contributed by atoms with Crippen LogP contribution in [0.25, 0.3) is 0 Å². The molecule has 10 heteroatoms. The van der Waals surface area contributed by atoms with Crippen LogP contribution >= 0.6 is 23.2 Å². The maximum Gasteiger partial charge on any atom is 0.264 e. The molecule has 172 valence electrons. The first-order valence-corrected chi connectivity index (χ1v) is 11.0. The molecule has 0 radical (unpaired) electrons. The summed E-state index contributed by atoms with van der Waals surface area (Å²) in [6, 6.07) is 5.12. The van der Waals surface area contributed by atoms with Gasteiger partial charge >= 0.3 is 0 Å². The number of amides is 2. The standard InChI is InChI=1S/C22H27Cl2N5O3/c1-13-6-7-29(26-11-19-14(2)27-28(3)21(19)24)22(32)18(13)9-20(31)25-10-16-8-17(23)5-4-15(16)12-30/h4-5,8,26,30H,6-7,9-12H2,1-3H3,(H,25,31). The lowest BCUT2D eigenvalue weighted by molar-refractivity contribution is -0.132. The highest BCUT2D eigenvalue weighted by atomic mass is 35.5. The van der Waals surface area contributed by atoms with Crippen LogP contribution in [0, 0.1) is 6.92 Å². The molecule has 0 fully saturated rings. The average Bonchev–Trinajstić information content (AvgIpc) is 3.00. The van der Waals surface area contributed by atoms with Gasteiger partial charge < -0.3 is 10.4 Å². The van der Waals surface area contributed by atoms with Crippen LogP contribution in [0.15, 0.2) is 29.3 Å². The number of aromatic nitrogens is 2. The molecule has 32 heavy (non-hydrogen) atoms. The maximum atomic E-state index is 13.0. The average molecular weight is 480 g/mol. The molecule has 1 aliphatic rings. The number of carbonyl (C=O) groups excluding carboxylic acids is 2. The summed E-state index contributed by atoms with van der Waals surface area (Å²) in [6.45, 7) is 4.68. The Hall–Kier alpha value is -2.39. The number of rotatable bonds is 8. The molecule has 3 N–H and O–H groups in total. The first-order valence-electron chi connectivity index (χ1n) is 10.3. The molecule has 8 nitrogen and oxygen atoms in total. The third kappa shape index (κ3) is 5.50. The van der Waals surface area contributed by atoms with Gasteiger partial charge in [0.25, 0.3) is 5.91 Å². The Bertz CT molecular complexity index is 1060. The van der Waals surface area contributed by atoms with Crippen molar-refractivity contribution in [1.82, 2.24) is 25.5 Å². The first-order chi connectivity index (χ1) is 15.2. The second kappa shape index (κ2) is 10.5. The van der Waals surface area contributed by atoms with Crippen LogP contribution in [0.1, 0.15) is 42.1 Å². The molecule has 2 amide bonds. The molecule has 0 spiro atoms. The fourth-order valence-electron chi connectivity index (χ4n) is 3.63. The molecule has 2 aromatic rings. The van der Waals surface area contributed by atoms with Crippen LogP contribution in [0.4, 0.5) is 0 Å². The summed E-state index contributed by atoms with van der Waals surface area (Å²) in [7, 11) is 1.76. The van der Waals surface area contributed by atoms with E-state index in [1.54, 1.807) is 29.9 Å². The third-order valence-corrected chi connectivity index (χ3v) is 6.31. The van der Waals surface area contributed by atoms with Crippen molar-refractivity contribution in [2.45, 2.75) is 46.4 Å². The highest BCUT2D eigenvalue weighted by molar-refractivity contribution is 6.30. The van der Waals surface area contributed by atoms with Crippen molar-refractivity contribution in [3.05, 3.63) is 61.9 Å². The Labute approximate surface area is 197 Å². The molecule has 0 saturated heterocycles. The summed E-state index contributed by atoms with van der Waals surface area (Å²) >= 11 is 12.3. The first kappa shape index (κ1) is 24.3. The van der Waals surface area contributed by atoms with E-state index < -0.39 is 0 Å². The maximum absolute atomic E-state index is 13.0. The Kier molecular flexibility index (Phi) is 7.95. The van der Waals surface area contributed by atoms with E-state index in [2.05, 4.69) is 15.8 Å². The molecule has 1 aliphatic heterocycles. The van der Waals surface area contributed by atoms with Gasteiger partial charge in [0, 0.05) is 42.8 Å². The molecule has 2 heterocycles. The summed E-state index contributed by atoms with van der Waals surface area (Å²) in [5, 5.41) is 19.1. The molecule has 0 saturated carbocycles. The fourth-order valence-corrected chi connectivity index (χ4v) is 4.07. The molecule has 0 atom stereocenters. The summed E-state index contributed by atoms with van der Waals surface area (Å²) < 4.78 is 1.59. The number of aliphatic hydroxyl groups is 1. The number of hydrogen-bond donors (Lipinski definition) is 3. The normalized spacial score (nSPS) is 14.3.